The molecule has 7 nitrogen and oxygen atoms in total. The van der Waals surface area contributed by atoms with Crippen LogP contribution in [0.1, 0.15) is 19.3 Å². The van der Waals surface area contributed by atoms with Gasteiger partial charge in [0.2, 0.25) is 5.91 Å². The third kappa shape index (κ3) is 3.01. The Labute approximate surface area is 143 Å². The smallest absolute Gasteiger partial charge is 0.321 e. The molecule has 126 valence electrons. The number of thiazole rings is 1. The first kappa shape index (κ1) is 15.2. The van der Waals surface area contributed by atoms with E-state index >= 15 is 0 Å². The molecule has 3 amide bonds. The number of anilines is 1. The van der Waals surface area contributed by atoms with Crippen LogP contribution in [-0.2, 0) is 4.79 Å². The molecule has 0 bridgehead atoms. The molecule has 2 heterocycles. The molecule has 1 atom stereocenters. The number of nitrogens with zero attached hydrogens (tertiary/aromatic N) is 2. The predicted molar refractivity (Wildman–Crippen MR) is 91.5 cm³/mol. The lowest BCUT2D eigenvalue weighted by molar-refractivity contribution is -0.128. The van der Waals surface area contributed by atoms with Gasteiger partial charge >= 0.3 is 6.03 Å². The van der Waals surface area contributed by atoms with Crippen LogP contribution in [0.5, 0.6) is 5.75 Å². The van der Waals surface area contributed by atoms with Crippen molar-refractivity contribution in [3.8, 4) is 5.75 Å². The van der Waals surface area contributed by atoms with Crippen molar-refractivity contribution in [2.75, 3.05) is 19.0 Å². The highest BCUT2D eigenvalue weighted by Crippen LogP contribution is 2.31. The molecule has 1 aliphatic carbocycles. The predicted octanol–water partition coefficient (Wildman–Crippen LogP) is 2.19. The second kappa shape index (κ2) is 5.94. The summed E-state index contributed by atoms with van der Waals surface area (Å²) < 4.78 is 6.13. The molecule has 2 N–H and O–H groups in total. The lowest BCUT2D eigenvalue weighted by Crippen LogP contribution is -2.40. The zero-order valence-electron chi connectivity index (χ0n) is 13.2. The van der Waals surface area contributed by atoms with Gasteiger partial charge in [-0.15, -0.1) is 0 Å². The van der Waals surface area contributed by atoms with Crippen LogP contribution in [0.15, 0.2) is 18.2 Å². The molecule has 1 unspecified atom stereocenters. The van der Waals surface area contributed by atoms with Crippen LogP contribution in [0.2, 0.25) is 0 Å². The summed E-state index contributed by atoms with van der Waals surface area (Å²) in [5.41, 5.74) is 0.812. The van der Waals surface area contributed by atoms with Crippen LogP contribution < -0.4 is 15.4 Å². The van der Waals surface area contributed by atoms with Crippen LogP contribution in [-0.4, -0.2) is 47.6 Å². The number of nitrogens with one attached hydrogen (secondary N) is 2. The summed E-state index contributed by atoms with van der Waals surface area (Å²) in [6, 6.07) is 5.52. The van der Waals surface area contributed by atoms with Gasteiger partial charge in [-0.05, 0) is 31.0 Å². The van der Waals surface area contributed by atoms with Crippen LogP contribution in [0, 0.1) is 0 Å². The molecule has 24 heavy (non-hydrogen) atoms. The van der Waals surface area contributed by atoms with Crippen molar-refractivity contribution in [2.24, 2.45) is 0 Å². The number of ether oxygens (including phenoxy) is 1. The van der Waals surface area contributed by atoms with E-state index < -0.39 is 0 Å². The third-order valence-corrected chi connectivity index (χ3v) is 5.23. The van der Waals surface area contributed by atoms with Gasteiger partial charge in [-0.25, -0.2) is 9.78 Å². The fourth-order valence-electron chi connectivity index (χ4n) is 2.97. The van der Waals surface area contributed by atoms with Gasteiger partial charge in [-0.3, -0.25) is 10.1 Å². The van der Waals surface area contributed by atoms with Gasteiger partial charge in [-0.2, -0.15) is 0 Å². The van der Waals surface area contributed by atoms with Crippen molar-refractivity contribution < 1.29 is 14.3 Å². The average molecular weight is 346 g/mol. The Bertz CT molecular complexity index is 802. The zero-order chi connectivity index (χ0) is 16.7. The van der Waals surface area contributed by atoms with Gasteiger partial charge in [0.15, 0.2) is 5.13 Å². The van der Waals surface area contributed by atoms with Crippen molar-refractivity contribution in [3.63, 3.8) is 0 Å². The monoisotopic (exact) mass is 346 g/mol. The highest BCUT2D eigenvalue weighted by atomic mass is 32.1. The van der Waals surface area contributed by atoms with E-state index in [1.54, 1.807) is 7.11 Å². The molecule has 4 rings (SSSR count). The van der Waals surface area contributed by atoms with Gasteiger partial charge in [0, 0.05) is 19.0 Å². The number of urea groups is 1. The molecule has 2 aromatic rings. The number of benzene rings is 1. The molecule has 0 radical (unpaired) electrons. The molecule has 8 heteroatoms. The Kier molecular flexibility index (Phi) is 3.76. The highest BCUT2D eigenvalue weighted by molar-refractivity contribution is 7.22. The number of likely N-dealkylation sites (tertiary alicyclic amines) is 1. The van der Waals surface area contributed by atoms with E-state index in [1.165, 1.54) is 11.3 Å². The Hall–Kier alpha value is -2.35. The fourth-order valence-corrected chi connectivity index (χ4v) is 3.86. The molecule has 1 aromatic heterocycles. The van der Waals surface area contributed by atoms with Crippen LogP contribution in [0.25, 0.3) is 10.2 Å². The second-order valence-electron chi connectivity index (χ2n) is 6.13. The fraction of sp³-hybridized carbons (Fsp3) is 0.438. The molecule has 2 fully saturated rings. The van der Waals surface area contributed by atoms with E-state index in [-0.39, 0.29) is 18.0 Å². The standard InChI is InChI=1S/C16H18N4O3S/c1-23-11-4-5-12-13(7-11)24-16(18-12)19-15(22)17-9-6-14(21)20(8-9)10-2-3-10/h4-5,7,9-10H,2-3,6,8H2,1H3,(H2,17,18,19,22). The minimum absolute atomic E-state index is 0.132. The number of hydrogen-bond acceptors (Lipinski definition) is 5. The van der Waals surface area contributed by atoms with Crippen LogP contribution >= 0.6 is 11.3 Å². The molecule has 1 saturated carbocycles. The van der Waals surface area contributed by atoms with Gasteiger partial charge in [0.05, 0.1) is 23.4 Å². The molecule has 1 saturated heterocycles. The summed E-state index contributed by atoms with van der Waals surface area (Å²) in [5.74, 6) is 0.890. The summed E-state index contributed by atoms with van der Waals surface area (Å²) in [6.45, 7) is 0.605. The summed E-state index contributed by atoms with van der Waals surface area (Å²) in [4.78, 5) is 30.3. The Morgan fingerprint density at radius 3 is 3.00 bits per heavy atom. The number of aromatic nitrogens is 1. The quantitative estimate of drug-likeness (QED) is 0.889. The molecule has 1 aromatic carbocycles. The van der Waals surface area contributed by atoms with Gasteiger partial charge < -0.3 is 15.0 Å². The van der Waals surface area contributed by atoms with Crippen molar-refractivity contribution in [1.82, 2.24) is 15.2 Å². The van der Waals surface area contributed by atoms with E-state index in [0.717, 1.165) is 28.8 Å². The first-order chi connectivity index (χ1) is 11.6. The first-order valence-corrected chi connectivity index (χ1v) is 8.75. The Morgan fingerprint density at radius 1 is 1.42 bits per heavy atom. The number of methoxy groups -OCH3 is 1. The van der Waals surface area contributed by atoms with Gasteiger partial charge in [-0.1, -0.05) is 11.3 Å². The van der Waals surface area contributed by atoms with E-state index in [4.69, 9.17) is 4.74 Å². The van der Waals surface area contributed by atoms with E-state index in [0.29, 0.717) is 24.1 Å². The topological polar surface area (TPSA) is 83.6 Å². The largest absolute Gasteiger partial charge is 0.497 e. The lowest BCUT2D eigenvalue weighted by atomic mass is 10.3. The van der Waals surface area contributed by atoms with Crippen molar-refractivity contribution in [2.45, 2.75) is 31.3 Å². The Morgan fingerprint density at radius 2 is 2.25 bits per heavy atom. The van der Waals surface area contributed by atoms with E-state index in [9.17, 15) is 9.59 Å². The zero-order valence-corrected chi connectivity index (χ0v) is 14.1. The number of amides is 3. The van der Waals surface area contributed by atoms with E-state index in [1.807, 2.05) is 23.1 Å². The minimum atomic E-state index is -0.323. The molecular formula is C16H18N4O3S. The SMILES string of the molecule is COc1ccc2nc(NC(=O)NC3CC(=O)N(C4CC4)C3)sc2c1. The number of fused-ring (bicyclic) bond motifs is 1. The third-order valence-electron chi connectivity index (χ3n) is 4.30. The number of carbonyl (C=O) groups excluding carboxylic acids is 2. The first-order valence-electron chi connectivity index (χ1n) is 7.94. The molecule has 2 aliphatic rings. The van der Waals surface area contributed by atoms with Gasteiger partial charge in [0.25, 0.3) is 0 Å². The van der Waals surface area contributed by atoms with Crippen molar-refractivity contribution in [1.29, 1.82) is 0 Å². The maximum Gasteiger partial charge on any atom is 0.321 e. The maximum absolute atomic E-state index is 12.2. The number of carbonyl (C=O) groups is 2. The van der Waals surface area contributed by atoms with Crippen molar-refractivity contribution >= 4 is 38.6 Å². The minimum Gasteiger partial charge on any atom is -0.497 e. The maximum atomic E-state index is 12.2. The number of hydrogen-bond donors (Lipinski definition) is 2. The van der Waals surface area contributed by atoms with Crippen molar-refractivity contribution in [3.05, 3.63) is 18.2 Å². The highest BCUT2D eigenvalue weighted by Gasteiger charge is 2.39. The molecule has 0 spiro atoms. The average Bonchev–Trinajstić information content (AvgIpc) is 3.22. The Balaban J connectivity index is 1.38. The van der Waals surface area contributed by atoms with E-state index in [2.05, 4.69) is 15.6 Å². The van der Waals surface area contributed by atoms with Gasteiger partial charge in [0.1, 0.15) is 5.75 Å². The number of rotatable bonds is 4. The molecular weight excluding hydrogens is 328 g/mol. The molecule has 1 aliphatic heterocycles. The summed E-state index contributed by atoms with van der Waals surface area (Å²) in [5, 5.41) is 6.15. The lowest BCUT2D eigenvalue weighted by Gasteiger charge is -2.16. The van der Waals surface area contributed by atoms with Crippen LogP contribution in [0.3, 0.4) is 0 Å². The summed E-state index contributed by atoms with van der Waals surface area (Å²) in [7, 11) is 1.61. The normalized spacial score (nSPS) is 20.5. The summed E-state index contributed by atoms with van der Waals surface area (Å²) >= 11 is 1.39. The second-order valence-corrected chi connectivity index (χ2v) is 7.16. The van der Waals surface area contributed by atoms with Crippen LogP contribution in [0.4, 0.5) is 9.93 Å². The summed E-state index contributed by atoms with van der Waals surface area (Å²) in [6.07, 6.45) is 2.54.